The van der Waals surface area contributed by atoms with Crippen LogP contribution in [-0.4, -0.2) is 31.8 Å². The summed E-state index contributed by atoms with van der Waals surface area (Å²) < 4.78 is 11.6. The lowest BCUT2D eigenvalue weighted by Gasteiger charge is -2.29. The van der Waals surface area contributed by atoms with E-state index in [1.54, 1.807) is 0 Å². The van der Waals surface area contributed by atoms with Crippen LogP contribution < -0.4 is 0 Å². The van der Waals surface area contributed by atoms with Crippen molar-refractivity contribution in [2.45, 2.75) is 65.2 Å². The van der Waals surface area contributed by atoms with Gasteiger partial charge in [0.1, 0.15) is 7.85 Å². The summed E-state index contributed by atoms with van der Waals surface area (Å²) in [7, 11) is 2.13. The Morgan fingerprint density at radius 1 is 1.00 bits per heavy atom. The summed E-state index contributed by atoms with van der Waals surface area (Å²) in [5.41, 5.74) is -0.156. The molecule has 0 saturated heterocycles. The average molecular weight is 200 g/mol. The van der Waals surface area contributed by atoms with E-state index in [0.717, 1.165) is 6.32 Å². The zero-order valence-corrected chi connectivity index (χ0v) is 10.8. The highest BCUT2D eigenvalue weighted by atomic mass is 16.6. The Labute approximate surface area is 89.8 Å². The third-order valence-electron chi connectivity index (χ3n) is 1.68. The predicted octanol–water partition coefficient (Wildman–Crippen LogP) is 2.04. The summed E-state index contributed by atoms with van der Waals surface area (Å²) in [5, 5.41) is 0. The maximum absolute atomic E-state index is 5.86. The quantitative estimate of drug-likeness (QED) is 0.646. The van der Waals surface area contributed by atoms with Gasteiger partial charge in [0.2, 0.25) is 0 Å². The molecule has 3 heteroatoms. The fraction of sp³-hybridized carbons (Fsp3) is 1.00. The summed E-state index contributed by atoms with van der Waals surface area (Å²) in [6, 6.07) is 0. The summed E-state index contributed by atoms with van der Waals surface area (Å²) in [4.78, 5) is 0. The van der Waals surface area contributed by atoms with Crippen LogP contribution in [0.3, 0.4) is 0 Å². The molecule has 0 aromatic heterocycles. The zero-order chi connectivity index (χ0) is 11.4. The Balaban J connectivity index is 3.93. The van der Waals surface area contributed by atoms with Gasteiger partial charge in [0.05, 0.1) is 23.9 Å². The lowest BCUT2D eigenvalue weighted by molar-refractivity contribution is -0.111. The first-order valence-electron chi connectivity index (χ1n) is 5.46. The Kier molecular flexibility index (Phi) is 5.17. The monoisotopic (exact) mass is 200 g/mol. The van der Waals surface area contributed by atoms with Gasteiger partial charge in [-0.1, -0.05) is 6.32 Å². The average Bonchev–Trinajstić information content (AvgIpc) is 1.94. The van der Waals surface area contributed by atoms with Crippen LogP contribution in [-0.2, 0) is 9.47 Å². The van der Waals surface area contributed by atoms with Crippen LogP contribution >= 0.6 is 0 Å². The van der Waals surface area contributed by atoms with Crippen LogP contribution in [0.2, 0.25) is 6.32 Å². The number of rotatable bonds is 4. The molecule has 2 nitrogen and oxygen atoms in total. The molecule has 0 amide bonds. The molecule has 1 unspecified atom stereocenters. The highest BCUT2D eigenvalue weighted by molar-refractivity contribution is 6.08. The molecule has 0 saturated carbocycles. The molecule has 0 aliphatic heterocycles. The summed E-state index contributed by atoms with van der Waals surface area (Å²) in [6.07, 6.45) is 1.20. The van der Waals surface area contributed by atoms with Crippen LogP contribution in [0.4, 0.5) is 0 Å². The summed E-state index contributed by atoms with van der Waals surface area (Å²) in [5.74, 6) is 0. The van der Waals surface area contributed by atoms with Crippen LogP contribution in [0.1, 0.15) is 41.5 Å². The molecule has 0 radical (unpaired) electrons. The van der Waals surface area contributed by atoms with Crippen LogP contribution in [0.5, 0.6) is 0 Å². The normalized spacial score (nSPS) is 15.6. The van der Waals surface area contributed by atoms with Crippen molar-refractivity contribution in [3.63, 3.8) is 0 Å². The molecule has 1 atom stereocenters. The Bertz CT molecular complexity index is 156. The molecule has 0 heterocycles. The molecule has 0 aromatic carbocycles. The first-order chi connectivity index (χ1) is 6.14. The molecule has 0 fully saturated rings. The van der Waals surface area contributed by atoms with Crippen LogP contribution in [0, 0.1) is 0 Å². The number of hydrogen-bond acceptors (Lipinski definition) is 2. The van der Waals surface area contributed by atoms with E-state index in [-0.39, 0.29) is 17.3 Å². The second-order valence-corrected chi connectivity index (χ2v) is 5.68. The van der Waals surface area contributed by atoms with E-state index < -0.39 is 0 Å². The molecule has 0 spiro atoms. The van der Waals surface area contributed by atoms with Crippen molar-refractivity contribution in [1.29, 1.82) is 0 Å². The van der Waals surface area contributed by atoms with Gasteiger partial charge in [0.25, 0.3) is 0 Å². The minimum absolute atomic E-state index is 0.0747. The standard InChI is InChI=1S/C11H25BO2/c1-10(2,3)13-8-9(7-12)14-11(4,5)6/h9H,7-8,12H2,1-6H3. The first kappa shape index (κ1) is 14.0. The SMILES string of the molecule is BCC(COC(C)(C)C)OC(C)(C)C. The van der Waals surface area contributed by atoms with E-state index in [2.05, 4.69) is 49.4 Å². The van der Waals surface area contributed by atoms with Crippen molar-refractivity contribution in [2.75, 3.05) is 6.61 Å². The second kappa shape index (κ2) is 5.17. The molecule has 14 heavy (non-hydrogen) atoms. The van der Waals surface area contributed by atoms with Gasteiger partial charge in [-0.15, -0.1) is 0 Å². The van der Waals surface area contributed by atoms with Gasteiger partial charge >= 0.3 is 0 Å². The Morgan fingerprint density at radius 2 is 1.50 bits per heavy atom. The van der Waals surface area contributed by atoms with E-state index in [1.165, 1.54) is 0 Å². The second-order valence-electron chi connectivity index (χ2n) is 5.68. The van der Waals surface area contributed by atoms with Gasteiger partial charge in [0.15, 0.2) is 0 Å². The zero-order valence-electron chi connectivity index (χ0n) is 10.8. The fourth-order valence-corrected chi connectivity index (χ4v) is 1.08. The highest BCUT2D eigenvalue weighted by Gasteiger charge is 2.19. The molecule has 0 N–H and O–H groups in total. The van der Waals surface area contributed by atoms with Crippen molar-refractivity contribution in [3.8, 4) is 0 Å². The predicted molar refractivity (Wildman–Crippen MR) is 63.7 cm³/mol. The van der Waals surface area contributed by atoms with Gasteiger partial charge in [-0.3, -0.25) is 0 Å². The lowest BCUT2D eigenvalue weighted by atomic mass is 9.99. The maximum Gasteiger partial charge on any atom is 0.104 e. The molecule has 84 valence electrons. The molecule has 0 bridgehead atoms. The van der Waals surface area contributed by atoms with Crippen LogP contribution in [0.15, 0.2) is 0 Å². The van der Waals surface area contributed by atoms with Crippen molar-refractivity contribution in [2.24, 2.45) is 0 Å². The maximum atomic E-state index is 5.86. The van der Waals surface area contributed by atoms with Gasteiger partial charge in [-0.2, -0.15) is 0 Å². The third-order valence-corrected chi connectivity index (χ3v) is 1.68. The summed E-state index contributed by atoms with van der Waals surface area (Å²) >= 11 is 0. The smallest absolute Gasteiger partial charge is 0.104 e. The highest BCUT2D eigenvalue weighted by Crippen LogP contribution is 2.15. The number of hydrogen-bond donors (Lipinski definition) is 0. The van der Waals surface area contributed by atoms with E-state index in [9.17, 15) is 0 Å². The molecule has 0 aromatic rings. The Morgan fingerprint density at radius 3 is 1.79 bits per heavy atom. The molecule has 0 aliphatic rings. The molecular weight excluding hydrogens is 175 g/mol. The van der Waals surface area contributed by atoms with Gasteiger partial charge < -0.3 is 9.47 Å². The van der Waals surface area contributed by atoms with Crippen molar-refractivity contribution in [3.05, 3.63) is 0 Å². The topological polar surface area (TPSA) is 18.5 Å². The van der Waals surface area contributed by atoms with Crippen LogP contribution in [0.25, 0.3) is 0 Å². The minimum atomic E-state index is -0.0814. The van der Waals surface area contributed by atoms with Gasteiger partial charge in [-0.05, 0) is 41.5 Å². The summed E-state index contributed by atoms with van der Waals surface area (Å²) in [6.45, 7) is 13.1. The van der Waals surface area contributed by atoms with E-state index in [4.69, 9.17) is 9.47 Å². The lowest BCUT2D eigenvalue weighted by Crippen LogP contribution is -2.33. The Hall–Kier alpha value is -0.0151. The first-order valence-corrected chi connectivity index (χ1v) is 5.46. The van der Waals surface area contributed by atoms with Crippen molar-refractivity contribution >= 4 is 7.85 Å². The van der Waals surface area contributed by atoms with E-state index in [0.29, 0.717) is 6.61 Å². The van der Waals surface area contributed by atoms with Crippen molar-refractivity contribution < 1.29 is 9.47 Å². The van der Waals surface area contributed by atoms with Gasteiger partial charge in [-0.25, -0.2) is 0 Å². The van der Waals surface area contributed by atoms with E-state index >= 15 is 0 Å². The molecule has 0 aliphatic carbocycles. The van der Waals surface area contributed by atoms with Gasteiger partial charge in [0, 0.05) is 0 Å². The third kappa shape index (κ3) is 8.58. The molecular formula is C11H25BO2. The molecule has 0 rings (SSSR count). The van der Waals surface area contributed by atoms with Crippen molar-refractivity contribution in [1.82, 2.24) is 0 Å². The number of ether oxygens (including phenoxy) is 2. The largest absolute Gasteiger partial charge is 0.373 e. The van der Waals surface area contributed by atoms with E-state index in [1.807, 2.05) is 0 Å². The minimum Gasteiger partial charge on any atom is -0.373 e. The fourth-order valence-electron chi connectivity index (χ4n) is 1.08.